The first kappa shape index (κ1) is 19.0. The van der Waals surface area contributed by atoms with Crippen LogP contribution in [-0.2, 0) is 4.79 Å². The zero-order chi connectivity index (χ0) is 18.2. The van der Waals surface area contributed by atoms with Crippen LogP contribution >= 0.6 is 15.9 Å². The molecular weight excluding hydrogens is 382 g/mol. The van der Waals surface area contributed by atoms with Gasteiger partial charge in [0.15, 0.2) is 0 Å². The molecule has 0 aliphatic rings. The summed E-state index contributed by atoms with van der Waals surface area (Å²) in [6, 6.07) is 14.6. The van der Waals surface area contributed by atoms with Gasteiger partial charge in [-0.05, 0) is 61.9 Å². The normalized spacial score (nSPS) is 11.5. The summed E-state index contributed by atoms with van der Waals surface area (Å²) in [5.41, 5.74) is 2.13. The monoisotopic (exact) mass is 403 g/mol. The molecule has 0 fully saturated rings. The van der Waals surface area contributed by atoms with Crippen molar-refractivity contribution in [3.63, 3.8) is 0 Å². The van der Waals surface area contributed by atoms with Crippen molar-refractivity contribution in [3.05, 3.63) is 58.6 Å². The molecule has 0 aliphatic heterocycles. The number of benzene rings is 2. The lowest BCUT2D eigenvalue weighted by Gasteiger charge is -2.12. The van der Waals surface area contributed by atoms with Crippen molar-refractivity contribution in [2.45, 2.75) is 26.3 Å². The largest absolute Gasteiger partial charge is 0.376 e. The van der Waals surface area contributed by atoms with Crippen LogP contribution in [0.25, 0.3) is 0 Å². The van der Waals surface area contributed by atoms with Gasteiger partial charge in [-0.15, -0.1) is 0 Å². The maximum Gasteiger partial charge on any atom is 0.251 e. The van der Waals surface area contributed by atoms with Gasteiger partial charge in [0, 0.05) is 27.5 Å². The van der Waals surface area contributed by atoms with Gasteiger partial charge in [-0.1, -0.05) is 22.9 Å². The predicted molar refractivity (Wildman–Crippen MR) is 105 cm³/mol. The molecule has 132 valence electrons. The van der Waals surface area contributed by atoms with Gasteiger partial charge in [0.2, 0.25) is 5.91 Å². The Morgan fingerprint density at radius 1 is 1.00 bits per heavy atom. The van der Waals surface area contributed by atoms with E-state index in [1.54, 1.807) is 24.3 Å². The van der Waals surface area contributed by atoms with Crippen molar-refractivity contribution in [2.75, 3.05) is 17.2 Å². The van der Waals surface area contributed by atoms with Crippen molar-refractivity contribution in [2.24, 2.45) is 0 Å². The van der Waals surface area contributed by atoms with Crippen LogP contribution in [0.4, 0.5) is 11.4 Å². The molecule has 0 spiro atoms. The Morgan fingerprint density at radius 3 is 2.20 bits per heavy atom. The van der Waals surface area contributed by atoms with Gasteiger partial charge in [0.25, 0.3) is 5.91 Å². The first-order chi connectivity index (χ1) is 12.0. The molecule has 3 N–H and O–H groups in total. The summed E-state index contributed by atoms with van der Waals surface area (Å²) in [5.74, 6) is -0.227. The zero-order valence-corrected chi connectivity index (χ0v) is 15.9. The van der Waals surface area contributed by atoms with Crippen molar-refractivity contribution in [1.82, 2.24) is 5.32 Å². The van der Waals surface area contributed by atoms with Gasteiger partial charge in [0.1, 0.15) is 0 Å². The van der Waals surface area contributed by atoms with Crippen LogP contribution < -0.4 is 16.0 Å². The number of halogens is 1. The lowest BCUT2D eigenvalue weighted by molar-refractivity contribution is -0.114. The Labute approximate surface area is 156 Å². The minimum Gasteiger partial charge on any atom is -0.376 e. The van der Waals surface area contributed by atoms with Crippen molar-refractivity contribution < 1.29 is 9.59 Å². The third kappa shape index (κ3) is 6.23. The second-order valence-electron chi connectivity index (χ2n) is 5.77. The second kappa shape index (κ2) is 9.22. The molecule has 2 rings (SSSR count). The summed E-state index contributed by atoms with van der Waals surface area (Å²) < 4.78 is 0.959. The quantitative estimate of drug-likeness (QED) is 0.653. The Hall–Kier alpha value is -2.34. The van der Waals surface area contributed by atoms with Crippen LogP contribution in [0, 0.1) is 0 Å². The van der Waals surface area contributed by atoms with E-state index in [-0.39, 0.29) is 24.4 Å². The average molecular weight is 404 g/mol. The van der Waals surface area contributed by atoms with E-state index < -0.39 is 0 Å². The second-order valence-corrected chi connectivity index (χ2v) is 6.68. The van der Waals surface area contributed by atoms with E-state index in [1.165, 1.54) is 0 Å². The molecule has 0 aliphatic carbocycles. The number of nitrogens with one attached hydrogen (secondary N) is 3. The number of hydrogen-bond acceptors (Lipinski definition) is 3. The molecule has 6 heteroatoms. The van der Waals surface area contributed by atoms with E-state index in [0.717, 1.165) is 22.3 Å². The molecule has 0 saturated heterocycles. The number of rotatable bonds is 7. The predicted octanol–water partition coefficient (Wildman–Crippen LogP) is 4.03. The molecule has 0 radical (unpaired) electrons. The molecular formula is C19H22BrN3O2. The lowest BCUT2D eigenvalue weighted by atomic mass is 10.1. The summed E-state index contributed by atoms with van der Waals surface area (Å²) in [6.45, 7) is 4.14. The first-order valence-electron chi connectivity index (χ1n) is 8.18. The van der Waals surface area contributed by atoms with Crippen molar-refractivity contribution in [1.29, 1.82) is 0 Å². The van der Waals surface area contributed by atoms with Crippen LogP contribution in [-0.4, -0.2) is 24.4 Å². The Balaban J connectivity index is 1.83. The van der Waals surface area contributed by atoms with Crippen LogP contribution in [0.2, 0.25) is 0 Å². The highest BCUT2D eigenvalue weighted by molar-refractivity contribution is 9.10. The molecule has 2 aromatic rings. The Bertz CT molecular complexity index is 714. The number of anilines is 2. The molecule has 25 heavy (non-hydrogen) atoms. The lowest BCUT2D eigenvalue weighted by Crippen LogP contribution is -2.31. The number of carbonyl (C=O) groups excluding carboxylic acids is 2. The van der Waals surface area contributed by atoms with Crippen molar-refractivity contribution in [3.8, 4) is 0 Å². The van der Waals surface area contributed by atoms with Crippen LogP contribution in [0.5, 0.6) is 0 Å². The van der Waals surface area contributed by atoms with E-state index in [1.807, 2.05) is 38.1 Å². The molecule has 0 bridgehead atoms. The topological polar surface area (TPSA) is 70.2 Å². The molecule has 0 saturated carbocycles. The fourth-order valence-corrected chi connectivity index (χ4v) is 2.33. The van der Waals surface area contributed by atoms with E-state index in [4.69, 9.17) is 0 Å². The van der Waals surface area contributed by atoms with Gasteiger partial charge in [-0.3, -0.25) is 9.59 Å². The molecule has 0 heterocycles. The summed E-state index contributed by atoms with van der Waals surface area (Å²) in [4.78, 5) is 24.0. The van der Waals surface area contributed by atoms with Crippen LogP contribution in [0.3, 0.4) is 0 Å². The summed E-state index contributed by atoms with van der Waals surface area (Å²) in [6.07, 6.45) is 0.888. The van der Waals surface area contributed by atoms with Gasteiger partial charge < -0.3 is 16.0 Å². The molecule has 1 atom stereocenters. The van der Waals surface area contributed by atoms with E-state index in [2.05, 4.69) is 31.9 Å². The number of carbonyl (C=O) groups is 2. The minimum atomic E-state index is -0.138. The SMILES string of the molecule is CCC(C)NC(=O)c1ccc(NCC(=O)Nc2ccc(Br)cc2)cc1. The summed E-state index contributed by atoms with van der Waals surface area (Å²) in [7, 11) is 0. The highest BCUT2D eigenvalue weighted by atomic mass is 79.9. The maximum atomic E-state index is 12.0. The number of hydrogen-bond donors (Lipinski definition) is 3. The highest BCUT2D eigenvalue weighted by Crippen LogP contribution is 2.14. The van der Waals surface area contributed by atoms with Gasteiger partial charge >= 0.3 is 0 Å². The molecule has 2 aromatic carbocycles. The van der Waals surface area contributed by atoms with E-state index in [9.17, 15) is 9.59 Å². The minimum absolute atomic E-state index is 0.0890. The van der Waals surface area contributed by atoms with E-state index >= 15 is 0 Å². The standard InChI is InChI=1S/C19H22BrN3O2/c1-3-13(2)22-19(25)14-4-8-16(9-5-14)21-12-18(24)23-17-10-6-15(20)7-11-17/h4-11,13,21H,3,12H2,1-2H3,(H,22,25)(H,23,24). The molecule has 1 unspecified atom stereocenters. The summed E-state index contributed by atoms with van der Waals surface area (Å²) >= 11 is 3.35. The highest BCUT2D eigenvalue weighted by Gasteiger charge is 2.08. The summed E-state index contributed by atoms with van der Waals surface area (Å²) in [5, 5.41) is 8.77. The molecule has 2 amide bonds. The molecule has 0 aromatic heterocycles. The average Bonchev–Trinajstić information content (AvgIpc) is 2.62. The smallest absolute Gasteiger partial charge is 0.251 e. The number of amides is 2. The van der Waals surface area contributed by atoms with Gasteiger partial charge in [-0.25, -0.2) is 0 Å². The van der Waals surface area contributed by atoms with E-state index in [0.29, 0.717) is 5.56 Å². The van der Waals surface area contributed by atoms with Gasteiger partial charge in [-0.2, -0.15) is 0 Å². The van der Waals surface area contributed by atoms with Crippen LogP contribution in [0.15, 0.2) is 53.0 Å². The fraction of sp³-hybridized carbons (Fsp3) is 0.263. The maximum absolute atomic E-state index is 12.0. The van der Waals surface area contributed by atoms with Crippen LogP contribution in [0.1, 0.15) is 30.6 Å². The Morgan fingerprint density at radius 2 is 1.60 bits per heavy atom. The Kier molecular flexibility index (Phi) is 7.01. The van der Waals surface area contributed by atoms with Gasteiger partial charge in [0.05, 0.1) is 6.54 Å². The molecule has 5 nitrogen and oxygen atoms in total. The third-order valence-corrected chi connectivity index (χ3v) is 4.25. The third-order valence-electron chi connectivity index (χ3n) is 3.72. The van der Waals surface area contributed by atoms with Crippen molar-refractivity contribution >= 4 is 39.1 Å². The fourth-order valence-electron chi connectivity index (χ4n) is 2.07. The first-order valence-corrected chi connectivity index (χ1v) is 8.97. The zero-order valence-electron chi connectivity index (χ0n) is 14.3.